The molecule has 102 valence electrons. The fraction of sp³-hybridized carbons (Fsp3) is 0.429. The smallest absolute Gasteiger partial charge is 0.249 e. The van der Waals surface area contributed by atoms with Gasteiger partial charge in [-0.15, -0.1) is 0 Å². The number of hydrogen-bond acceptors (Lipinski definition) is 3. The summed E-state index contributed by atoms with van der Waals surface area (Å²) in [6, 6.07) is 5.17. The molecule has 2 amide bonds. The van der Waals surface area contributed by atoms with E-state index in [0.29, 0.717) is 23.4 Å². The molecular formula is C14H19N3O2. The van der Waals surface area contributed by atoms with Crippen molar-refractivity contribution in [2.24, 2.45) is 11.7 Å². The zero-order valence-corrected chi connectivity index (χ0v) is 11.0. The van der Waals surface area contributed by atoms with E-state index in [9.17, 15) is 9.59 Å². The van der Waals surface area contributed by atoms with E-state index in [2.05, 4.69) is 10.6 Å². The second-order valence-electron chi connectivity index (χ2n) is 4.87. The van der Waals surface area contributed by atoms with Crippen LogP contribution < -0.4 is 16.4 Å². The lowest BCUT2D eigenvalue weighted by Crippen LogP contribution is -2.37. The Morgan fingerprint density at radius 2 is 2.21 bits per heavy atom. The Morgan fingerprint density at radius 1 is 1.42 bits per heavy atom. The lowest BCUT2D eigenvalue weighted by molar-refractivity contribution is -0.120. The van der Waals surface area contributed by atoms with Crippen LogP contribution in [-0.4, -0.2) is 24.9 Å². The summed E-state index contributed by atoms with van der Waals surface area (Å²) in [6.07, 6.45) is 1.91. The first-order valence-electron chi connectivity index (χ1n) is 6.50. The summed E-state index contributed by atoms with van der Waals surface area (Å²) in [5.74, 6) is -0.491. The van der Waals surface area contributed by atoms with Crippen molar-refractivity contribution in [3.8, 4) is 0 Å². The molecule has 2 rings (SSSR count). The van der Waals surface area contributed by atoms with E-state index < -0.39 is 5.91 Å². The third-order valence-corrected chi connectivity index (χ3v) is 3.52. The van der Waals surface area contributed by atoms with E-state index in [1.54, 1.807) is 25.1 Å². The molecule has 19 heavy (non-hydrogen) atoms. The molecule has 0 spiro atoms. The summed E-state index contributed by atoms with van der Waals surface area (Å²) in [7, 11) is 0. The molecule has 0 saturated carbocycles. The van der Waals surface area contributed by atoms with Gasteiger partial charge in [-0.25, -0.2) is 0 Å². The largest absolute Gasteiger partial charge is 0.366 e. The highest BCUT2D eigenvalue weighted by atomic mass is 16.2. The van der Waals surface area contributed by atoms with E-state index in [1.165, 1.54) is 0 Å². The summed E-state index contributed by atoms with van der Waals surface area (Å²) < 4.78 is 0. The molecule has 1 aliphatic rings. The quantitative estimate of drug-likeness (QED) is 0.760. The zero-order valence-electron chi connectivity index (χ0n) is 11.0. The average molecular weight is 261 g/mol. The van der Waals surface area contributed by atoms with Crippen molar-refractivity contribution in [3.63, 3.8) is 0 Å². The number of primary amides is 1. The first-order valence-corrected chi connectivity index (χ1v) is 6.50. The molecule has 4 N–H and O–H groups in total. The molecule has 1 aromatic rings. The van der Waals surface area contributed by atoms with Gasteiger partial charge in [-0.1, -0.05) is 6.07 Å². The van der Waals surface area contributed by atoms with Crippen LogP contribution in [-0.2, 0) is 4.79 Å². The van der Waals surface area contributed by atoms with Gasteiger partial charge in [0.2, 0.25) is 11.8 Å². The van der Waals surface area contributed by atoms with Gasteiger partial charge in [-0.3, -0.25) is 9.59 Å². The molecule has 0 aliphatic carbocycles. The van der Waals surface area contributed by atoms with Crippen molar-refractivity contribution in [2.45, 2.75) is 19.8 Å². The standard InChI is InChI=1S/C14H19N3O2/c1-9-11(13(15)18)5-2-6-12(9)17-14(19)10-4-3-7-16-8-10/h2,5-6,10,16H,3-4,7-8H2,1H3,(H2,15,18)(H,17,19). The van der Waals surface area contributed by atoms with Crippen LogP contribution in [0.4, 0.5) is 5.69 Å². The average Bonchev–Trinajstić information content (AvgIpc) is 2.41. The third-order valence-electron chi connectivity index (χ3n) is 3.52. The fourth-order valence-corrected chi connectivity index (χ4v) is 2.35. The van der Waals surface area contributed by atoms with Crippen LogP contribution in [0.25, 0.3) is 0 Å². The Labute approximate surface area is 112 Å². The molecule has 0 bridgehead atoms. The van der Waals surface area contributed by atoms with Gasteiger partial charge in [0.1, 0.15) is 0 Å². The molecule has 0 radical (unpaired) electrons. The molecule has 1 unspecified atom stereocenters. The van der Waals surface area contributed by atoms with E-state index in [-0.39, 0.29) is 11.8 Å². The lowest BCUT2D eigenvalue weighted by atomic mass is 9.98. The van der Waals surface area contributed by atoms with Crippen molar-refractivity contribution in [3.05, 3.63) is 29.3 Å². The van der Waals surface area contributed by atoms with Crippen LogP contribution >= 0.6 is 0 Å². The van der Waals surface area contributed by atoms with Crippen molar-refractivity contribution in [1.29, 1.82) is 0 Å². The number of nitrogens with two attached hydrogens (primary N) is 1. The summed E-state index contributed by atoms with van der Waals surface area (Å²) >= 11 is 0. The normalized spacial score (nSPS) is 18.9. The van der Waals surface area contributed by atoms with Crippen LogP contribution in [0.2, 0.25) is 0 Å². The SMILES string of the molecule is Cc1c(NC(=O)C2CCCNC2)cccc1C(N)=O. The van der Waals surface area contributed by atoms with Gasteiger partial charge >= 0.3 is 0 Å². The summed E-state index contributed by atoms with van der Waals surface area (Å²) in [5, 5.41) is 6.10. The predicted molar refractivity (Wildman–Crippen MR) is 73.9 cm³/mol. The van der Waals surface area contributed by atoms with Gasteiger partial charge in [0.25, 0.3) is 0 Å². The second kappa shape index (κ2) is 5.84. The summed E-state index contributed by atoms with van der Waals surface area (Å²) in [6.45, 7) is 3.47. The van der Waals surface area contributed by atoms with Crippen LogP contribution in [0.5, 0.6) is 0 Å². The van der Waals surface area contributed by atoms with Crippen molar-refractivity contribution < 1.29 is 9.59 Å². The van der Waals surface area contributed by atoms with Crippen LogP contribution in [0, 0.1) is 12.8 Å². The van der Waals surface area contributed by atoms with Crippen LogP contribution in [0.15, 0.2) is 18.2 Å². The highest BCUT2D eigenvalue weighted by Gasteiger charge is 2.21. The minimum atomic E-state index is -0.479. The zero-order chi connectivity index (χ0) is 13.8. The number of rotatable bonds is 3. The van der Waals surface area contributed by atoms with E-state index in [4.69, 9.17) is 5.73 Å². The Morgan fingerprint density at radius 3 is 2.84 bits per heavy atom. The van der Waals surface area contributed by atoms with Gasteiger partial charge in [0, 0.05) is 17.8 Å². The van der Waals surface area contributed by atoms with Crippen LogP contribution in [0.3, 0.4) is 0 Å². The maximum atomic E-state index is 12.1. The Kier molecular flexibility index (Phi) is 4.16. The number of piperidine rings is 1. The number of benzene rings is 1. The minimum Gasteiger partial charge on any atom is -0.366 e. The monoisotopic (exact) mass is 261 g/mol. The molecule has 1 atom stereocenters. The highest BCUT2D eigenvalue weighted by Crippen LogP contribution is 2.20. The number of carbonyl (C=O) groups excluding carboxylic acids is 2. The van der Waals surface area contributed by atoms with Gasteiger partial charge < -0.3 is 16.4 Å². The van der Waals surface area contributed by atoms with E-state index in [0.717, 1.165) is 19.4 Å². The number of amides is 2. The first kappa shape index (κ1) is 13.5. The maximum absolute atomic E-state index is 12.1. The van der Waals surface area contributed by atoms with Crippen molar-refractivity contribution >= 4 is 17.5 Å². The number of hydrogen-bond donors (Lipinski definition) is 3. The fourth-order valence-electron chi connectivity index (χ4n) is 2.35. The first-order chi connectivity index (χ1) is 9.09. The molecule has 5 heteroatoms. The Hall–Kier alpha value is -1.88. The van der Waals surface area contributed by atoms with Gasteiger partial charge in [-0.05, 0) is 44.0 Å². The van der Waals surface area contributed by atoms with Crippen LogP contribution in [0.1, 0.15) is 28.8 Å². The Bertz CT molecular complexity index is 493. The number of carbonyl (C=O) groups is 2. The summed E-state index contributed by atoms with van der Waals surface area (Å²) in [5.41, 5.74) is 7.11. The molecule has 1 aliphatic heterocycles. The second-order valence-corrected chi connectivity index (χ2v) is 4.87. The predicted octanol–water partition coefficient (Wildman–Crippen LogP) is 1.03. The summed E-state index contributed by atoms with van der Waals surface area (Å²) in [4.78, 5) is 23.4. The minimum absolute atomic E-state index is 0.00285. The molecular weight excluding hydrogens is 242 g/mol. The third kappa shape index (κ3) is 3.12. The Balaban J connectivity index is 2.12. The lowest BCUT2D eigenvalue weighted by Gasteiger charge is -2.22. The highest BCUT2D eigenvalue weighted by molar-refractivity contribution is 5.99. The molecule has 5 nitrogen and oxygen atoms in total. The molecule has 1 saturated heterocycles. The van der Waals surface area contributed by atoms with Gasteiger partial charge in [0.15, 0.2) is 0 Å². The maximum Gasteiger partial charge on any atom is 0.249 e. The molecule has 1 fully saturated rings. The number of nitrogens with one attached hydrogen (secondary N) is 2. The van der Waals surface area contributed by atoms with E-state index >= 15 is 0 Å². The van der Waals surface area contributed by atoms with E-state index in [1.807, 2.05) is 0 Å². The topological polar surface area (TPSA) is 84.2 Å². The number of anilines is 1. The van der Waals surface area contributed by atoms with Crippen molar-refractivity contribution in [1.82, 2.24) is 5.32 Å². The molecule has 1 heterocycles. The van der Waals surface area contributed by atoms with Gasteiger partial charge in [-0.2, -0.15) is 0 Å². The van der Waals surface area contributed by atoms with Gasteiger partial charge in [0.05, 0.1) is 5.92 Å². The molecule has 0 aromatic heterocycles. The van der Waals surface area contributed by atoms with Crippen molar-refractivity contribution in [2.75, 3.05) is 18.4 Å². The molecule has 1 aromatic carbocycles.